The molecule has 12 heteroatoms. The van der Waals surface area contributed by atoms with Crippen molar-refractivity contribution in [2.75, 3.05) is 10.6 Å². The number of carbonyl (C=O) groups excluding carboxylic acids is 1. The van der Waals surface area contributed by atoms with Crippen molar-refractivity contribution in [1.29, 1.82) is 0 Å². The second kappa shape index (κ2) is 10.0. The number of anilines is 2. The van der Waals surface area contributed by atoms with Gasteiger partial charge in [0.25, 0.3) is 5.91 Å². The number of aryl methyl sites for hydroxylation is 1. The molecule has 0 saturated carbocycles. The molecule has 174 valence electrons. The zero-order valence-electron chi connectivity index (χ0n) is 17.3. The zero-order chi connectivity index (χ0) is 24.3. The number of alkyl halides is 3. The maximum Gasteiger partial charge on any atom is 0.435 e. The summed E-state index contributed by atoms with van der Waals surface area (Å²) in [7, 11) is 0. The van der Waals surface area contributed by atoms with Gasteiger partial charge in [-0.15, -0.1) is 0 Å². The van der Waals surface area contributed by atoms with Crippen molar-refractivity contribution in [3.8, 4) is 0 Å². The molecule has 0 atom stereocenters. The van der Waals surface area contributed by atoms with Crippen molar-refractivity contribution in [2.45, 2.75) is 26.6 Å². The number of nitrogens with zero attached hydrogens (tertiary/aromatic N) is 3. The molecule has 1 amide bonds. The standard InChI is InChI=1S/C21H17Cl3F3N5O/c1-3-32-18(11(2)17(31-32)21(25,26)27)29-20(28-14-6-4-5-12(22)9-14)30-19(33)15-8-7-13(23)10-16(15)24/h4-10H,3H2,1-2H3,(H2,28,29,30,33). The molecule has 0 bridgehead atoms. The second-order valence-electron chi connectivity index (χ2n) is 6.79. The van der Waals surface area contributed by atoms with Gasteiger partial charge in [-0.3, -0.25) is 4.79 Å². The summed E-state index contributed by atoms with van der Waals surface area (Å²) in [4.78, 5) is 16.8. The Morgan fingerprint density at radius 3 is 2.39 bits per heavy atom. The van der Waals surface area contributed by atoms with Gasteiger partial charge in [-0.2, -0.15) is 23.3 Å². The maximum atomic E-state index is 13.4. The molecule has 6 nitrogen and oxygen atoms in total. The third-order valence-electron chi connectivity index (χ3n) is 4.46. The Balaban J connectivity index is 2.05. The Labute approximate surface area is 202 Å². The van der Waals surface area contributed by atoms with Gasteiger partial charge in [0.05, 0.1) is 10.6 Å². The first-order chi connectivity index (χ1) is 15.5. The number of carbonyl (C=O) groups is 1. The number of benzene rings is 2. The number of aromatic nitrogens is 2. The lowest BCUT2D eigenvalue weighted by molar-refractivity contribution is -0.141. The highest BCUT2D eigenvalue weighted by atomic mass is 35.5. The van der Waals surface area contributed by atoms with Gasteiger partial charge >= 0.3 is 6.18 Å². The van der Waals surface area contributed by atoms with Crippen LogP contribution in [0, 0.1) is 6.92 Å². The highest BCUT2D eigenvalue weighted by Crippen LogP contribution is 2.34. The van der Waals surface area contributed by atoms with E-state index in [1.807, 2.05) is 0 Å². The van der Waals surface area contributed by atoms with Crippen LogP contribution in [0.2, 0.25) is 15.1 Å². The summed E-state index contributed by atoms with van der Waals surface area (Å²) in [5.41, 5.74) is -0.687. The van der Waals surface area contributed by atoms with E-state index < -0.39 is 17.8 Å². The number of hydrogen-bond donors (Lipinski definition) is 2. The summed E-state index contributed by atoms with van der Waals surface area (Å²) in [6.45, 7) is 3.05. The molecule has 0 radical (unpaired) electrons. The largest absolute Gasteiger partial charge is 0.435 e. The molecule has 3 rings (SSSR count). The Kier molecular flexibility index (Phi) is 7.56. The van der Waals surface area contributed by atoms with Crippen LogP contribution in [0.4, 0.5) is 24.7 Å². The summed E-state index contributed by atoms with van der Waals surface area (Å²) < 4.78 is 41.2. The normalized spacial score (nSPS) is 12.1. The second-order valence-corrected chi connectivity index (χ2v) is 8.07. The third-order valence-corrected chi connectivity index (χ3v) is 5.24. The van der Waals surface area contributed by atoms with E-state index in [9.17, 15) is 18.0 Å². The lowest BCUT2D eigenvalue weighted by atomic mass is 10.2. The van der Waals surface area contributed by atoms with E-state index in [4.69, 9.17) is 34.8 Å². The van der Waals surface area contributed by atoms with Crippen LogP contribution in [-0.2, 0) is 12.7 Å². The van der Waals surface area contributed by atoms with E-state index in [0.29, 0.717) is 15.7 Å². The van der Waals surface area contributed by atoms with Gasteiger partial charge in [-0.1, -0.05) is 40.9 Å². The van der Waals surface area contributed by atoms with Gasteiger partial charge in [0.2, 0.25) is 5.96 Å². The van der Waals surface area contributed by atoms with Crippen molar-refractivity contribution in [2.24, 2.45) is 4.99 Å². The molecule has 0 fully saturated rings. The fourth-order valence-electron chi connectivity index (χ4n) is 2.93. The monoisotopic (exact) mass is 517 g/mol. The van der Waals surface area contributed by atoms with Crippen LogP contribution in [0.25, 0.3) is 0 Å². The minimum absolute atomic E-state index is 0.0214. The molecule has 1 heterocycles. The van der Waals surface area contributed by atoms with E-state index in [-0.39, 0.29) is 34.5 Å². The van der Waals surface area contributed by atoms with Gasteiger partial charge in [0, 0.05) is 27.8 Å². The Morgan fingerprint density at radius 1 is 1.09 bits per heavy atom. The number of guanidine groups is 1. The van der Waals surface area contributed by atoms with Gasteiger partial charge in [0.15, 0.2) is 5.69 Å². The molecule has 0 aliphatic rings. The maximum absolute atomic E-state index is 13.4. The number of amides is 1. The lowest BCUT2D eigenvalue weighted by Gasteiger charge is -2.14. The van der Waals surface area contributed by atoms with Gasteiger partial charge in [0.1, 0.15) is 5.82 Å². The number of rotatable bonds is 4. The fraction of sp³-hybridized carbons (Fsp3) is 0.190. The number of nitrogens with one attached hydrogen (secondary N) is 2. The molecular formula is C21H17Cl3F3N5O. The molecule has 0 unspecified atom stereocenters. The summed E-state index contributed by atoms with van der Waals surface area (Å²) in [5.74, 6) is -0.877. The van der Waals surface area contributed by atoms with E-state index in [1.54, 1.807) is 31.2 Å². The van der Waals surface area contributed by atoms with Crippen molar-refractivity contribution < 1.29 is 18.0 Å². The lowest BCUT2D eigenvalue weighted by Crippen LogP contribution is -2.25. The molecule has 0 saturated heterocycles. The predicted octanol–water partition coefficient (Wildman–Crippen LogP) is 6.91. The quantitative estimate of drug-likeness (QED) is 0.291. The van der Waals surface area contributed by atoms with E-state index in [2.05, 4.69) is 20.7 Å². The van der Waals surface area contributed by atoms with Crippen molar-refractivity contribution in [3.63, 3.8) is 0 Å². The average molecular weight is 519 g/mol. The van der Waals surface area contributed by atoms with Crippen LogP contribution in [-0.4, -0.2) is 21.6 Å². The van der Waals surface area contributed by atoms with Crippen LogP contribution in [0.3, 0.4) is 0 Å². The minimum Gasteiger partial charge on any atom is -0.326 e. The number of aliphatic imine (C=N–C) groups is 1. The van der Waals surface area contributed by atoms with Crippen LogP contribution in [0.1, 0.15) is 28.5 Å². The highest BCUT2D eigenvalue weighted by molar-refractivity contribution is 6.37. The third kappa shape index (κ3) is 5.98. The minimum atomic E-state index is -4.65. The van der Waals surface area contributed by atoms with E-state index in [0.717, 1.165) is 4.68 Å². The highest BCUT2D eigenvalue weighted by Gasteiger charge is 2.38. The van der Waals surface area contributed by atoms with E-state index >= 15 is 0 Å². The summed E-state index contributed by atoms with van der Waals surface area (Å²) >= 11 is 18.0. The Morgan fingerprint density at radius 2 is 1.79 bits per heavy atom. The molecule has 0 aliphatic carbocycles. The van der Waals surface area contributed by atoms with Gasteiger partial charge in [-0.25, -0.2) is 4.68 Å². The SMILES string of the molecule is CCn1nc(C(F)(F)F)c(C)c1N/C(=N\C(=O)c1ccc(Cl)cc1Cl)Nc1cccc(Cl)c1. The first-order valence-electron chi connectivity index (χ1n) is 9.52. The van der Waals surface area contributed by atoms with Crippen molar-refractivity contribution in [3.05, 3.63) is 74.4 Å². The summed E-state index contributed by atoms with van der Waals surface area (Å²) in [5, 5.41) is 10.1. The predicted molar refractivity (Wildman–Crippen MR) is 125 cm³/mol. The molecule has 33 heavy (non-hydrogen) atoms. The molecular weight excluding hydrogens is 502 g/mol. The summed E-state index contributed by atoms with van der Waals surface area (Å²) in [6, 6.07) is 10.8. The van der Waals surface area contributed by atoms with Crippen LogP contribution < -0.4 is 10.6 Å². The van der Waals surface area contributed by atoms with Crippen LogP contribution >= 0.6 is 34.8 Å². The molecule has 2 aromatic carbocycles. The molecule has 1 aromatic heterocycles. The molecule has 3 aromatic rings. The van der Waals surface area contributed by atoms with Gasteiger partial charge < -0.3 is 10.6 Å². The average Bonchev–Trinajstić information content (AvgIpc) is 3.03. The molecule has 0 aliphatic heterocycles. The van der Waals surface area contributed by atoms with Crippen LogP contribution in [0.5, 0.6) is 0 Å². The molecule has 0 spiro atoms. The van der Waals surface area contributed by atoms with Crippen LogP contribution in [0.15, 0.2) is 47.5 Å². The smallest absolute Gasteiger partial charge is 0.326 e. The Bertz CT molecular complexity index is 1220. The first kappa shape index (κ1) is 24.9. The van der Waals surface area contributed by atoms with E-state index in [1.165, 1.54) is 25.1 Å². The zero-order valence-corrected chi connectivity index (χ0v) is 19.5. The topological polar surface area (TPSA) is 71.3 Å². The first-order valence-corrected chi connectivity index (χ1v) is 10.6. The number of halogens is 6. The van der Waals surface area contributed by atoms with Gasteiger partial charge in [-0.05, 0) is 50.2 Å². The number of hydrogen-bond acceptors (Lipinski definition) is 2. The molecule has 2 N–H and O–H groups in total. The summed E-state index contributed by atoms with van der Waals surface area (Å²) in [6.07, 6.45) is -4.65. The van der Waals surface area contributed by atoms with Crippen molar-refractivity contribution >= 4 is 58.2 Å². The Hall–Kier alpha value is -2.75. The fourth-order valence-corrected chi connectivity index (χ4v) is 3.61. The van der Waals surface area contributed by atoms with Crippen molar-refractivity contribution in [1.82, 2.24) is 9.78 Å².